The Labute approximate surface area is 354 Å². The standard InChI is InChI=1S/C50H71FN2O5S/c1-34(2)42-39(54)31-50(52-25-26-53-27-29-59(56,57)30-28-53)24-23-47(6)38(43(42)50)13-14-41-46(5)19-17-37(45(3,4)40(46)18-20-48(41,47)7)36-15-21-49(33-51,22-16-36)44(55)58-32-35-11-9-8-10-12-35/h8-12,15,17,34,38,40-41,52H,13-14,16,18-33H2,1-7H3/t38-,40+,41-,46+,47-,48-,49+,50-/m1/s1. The minimum Gasteiger partial charge on any atom is -0.460 e. The smallest absolute Gasteiger partial charge is 0.315 e. The molecule has 1 heterocycles. The zero-order valence-corrected chi connectivity index (χ0v) is 37.9. The summed E-state index contributed by atoms with van der Waals surface area (Å²) in [6, 6.07) is 9.62. The highest BCUT2D eigenvalue weighted by atomic mass is 32.2. The molecule has 3 saturated carbocycles. The Hall–Kier alpha value is -2.62. The molecule has 59 heavy (non-hydrogen) atoms. The van der Waals surface area contributed by atoms with Gasteiger partial charge in [-0.1, -0.05) is 91.0 Å². The number of sulfone groups is 1. The van der Waals surface area contributed by atoms with E-state index < -0.39 is 27.9 Å². The van der Waals surface area contributed by atoms with Gasteiger partial charge in [-0.05, 0) is 137 Å². The maximum absolute atomic E-state index is 14.8. The van der Waals surface area contributed by atoms with E-state index in [1.54, 1.807) is 0 Å². The molecular weight excluding hydrogens is 760 g/mol. The molecule has 0 amide bonds. The first-order chi connectivity index (χ1) is 27.8. The zero-order valence-electron chi connectivity index (χ0n) is 37.1. The van der Waals surface area contributed by atoms with E-state index in [9.17, 15) is 22.4 Å². The lowest BCUT2D eigenvalue weighted by Gasteiger charge is -2.71. The minimum absolute atomic E-state index is 0.0587. The fourth-order valence-electron chi connectivity index (χ4n) is 14.8. The summed E-state index contributed by atoms with van der Waals surface area (Å²) in [7, 11) is -2.92. The Kier molecular flexibility index (Phi) is 11.2. The van der Waals surface area contributed by atoms with Crippen molar-refractivity contribution in [3.05, 3.63) is 70.3 Å². The molecule has 1 saturated heterocycles. The third-order valence-corrected chi connectivity index (χ3v) is 19.8. The van der Waals surface area contributed by atoms with Gasteiger partial charge in [0.2, 0.25) is 0 Å². The maximum atomic E-state index is 14.8. The normalized spacial score (nSPS) is 39.1. The summed E-state index contributed by atoms with van der Waals surface area (Å²) in [5.41, 5.74) is 4.98. The molecule has 0 spiro atoms. The fourth-order valence-corrected chi connectivity index (χ4v) is 16.1. The molecule has 6 aliphatic carbocycles. The van der Waals surface area contributed by atoms with Gasteiger partial charge in [0.1, 0.15) is 13.3 Å². The molecule has 0 aromatic heterocycles. The van der Waals surface area contributed by atoms with Crippen LogP contribution >= 0.6 is 0 Å². The number of hydrogen-bond acceptors (Lipinski definition) is 7. The van der Waals surface area contributed by atoms with Crippen LogP contribution in [0.5, 0.6) is 0 Å². The quantitative estimate of drug-likeness (QED) is 0.235. The monoisotopic (exact) mass is 831 g/mol. The summed E-state index contributed by atoms with van der Waals surface area (Å²) in [5, 5.41) is 4.01. The van der Waals surface area contributed by atoms with Crippen molar-refractivity contribution >= 4 is 21.6 Å². The molecule has 1 aromatic carbocycles. The Balaban J connectivity index is 1.02. The summed E-state index contributed by atoms with van der Waals surface area (Å²) in [6.45, 7) is 19.4. The van der Waals surface area contributed by atoms with Gasteiger partial charge in [0.15, 0.2) is 15.6 Å². The van der Waals surface area contributed by atoms with Gasteiger partial charge in [0.25, 0.3) is 0 Å². The molecule has 1 N–H and O–H groups in total. The fraction of sp³-hybridized carbons (Fsp3) is 0.720. The van der Waals surface area contributed by atoms with Crippen molar-refractivity contribution < 1.29 is 27.1 Å². The third-order valence-electron chi connectivity index (χ3n) is 18.2. The van der Waals surface area contributed by atoms with Crippen molar-refractivity contribution in [3.63, 3.8) is 0 Å². The highest BCUT2D eigenvalue weighted by molar-refractivity contribution is 7.91. The number of carbonyl (C=O) groups excluding carboxylic acids is 2. The number of benzene rings is 1. The molecule has 8 rings (SSSR count). The van der Waals surface area contributed by atoms with Crippen molar-refractivity contribution in [2.45, 2.75) is 131 Å². The molecule has 0 radical (unpaired) electrons. The molecule has 8 atom stereocenters. The number of hydrogen-bond donors (Lipinski definition) is 1. The van der Waals surface area contributed by atoms with Crippen molar-refractivity contribution in [2.24, 2.45) is 50.7 Å². The van der Waals surface area contributed by atoms with Crippen LogP contribution in [0.1, 0.15) is 125 Å². The van der Waals surface area contributed by atoms with Crippen molar-refractivity contribution in [1.29, 1.82) is 0 Å². The van der Waals surface area contributed by atoms with Crippen molar-refractivity contribution in [1.82, 2.24) is 10.2 Å². The van der Waals surface area contributed by atoms with Crippen LogP contribution < -0.4 is 5.32 Å². The van der Waals surface area contributed by atoms with Gasteiger partial charge >= 0.3 is 5.97 Å². The van der Waals surface area contributed by atoms with Gasteiger partial charge in [-0.15, -0.1) is 0 Å². The van der Waals surface area contributed by atoms with Crippen LogP contribution in [0.3, 0.4) is 0 Å². The molecule has 324 valence electrons. The Morgan fingerprint density at radius 2 is 1.64 bits per heavy atom. The van der Waals surface area contributed by atoms with Crippen molar-refractivity contribution in [3.8, 4) is 0 Å². The third kappa shape index (κ3) is 6.98. The molecule has 7 nitrogen and oxygen atoms in total. The molecule has 0 unspecified atom stereocenters. The van der Waals surface area contributed by atoms with Crippen LogP contribution in [-0.2, 0) is 30.8 Å². The zero-order chi connectivity index (χ0) is 42.2. The van der Waals surface area contributed by atoms with Gasteiger partial charge in [-0.3, -0.25) is 9.59 Å². The molecular formula is C50H71FN2O5S. The first kappa shape index (κ1) is 43.0. The number of Topliss-reactive ketones (excluding diaryl/α,β-unsaturated/α-hetero) is 1. The number of rotatable bonds is 10. The lowest BCUT2D eigenvalue weighted by molar-refractivity contribution is -0.196. The van der Waals surface area contributed by atoms with E-state index in [4.69, 9.17) is 4.74 Å². The number of allylic oxidation sites excluding steroid dienone is 5. The Morgan fingerprint density at radius 1 is 0.915 bits per heavy atom. The van der Waals surface area contributed by atoms with Crippen LogP contribution in [0.25, 0.3) is 0 Å². The van der Waals surface area contributed by atoms with Gasteiger partial charge in [-0.2, -0.15) is 0 Å². The average molecular weight is 831 g/mol. The lowest BCUT2D eigenvalue weighted by Crippen LogP contribution is -2.66. The summed E-state index contributed by atoms with van der Waals surface area (Å²) < 4.78 is 44.7. The second-order valence-corrected chi connectivity index (χ2v) is 24.0. The molecule has 9 heteroatoms. The largest absolute Gasteiger partial charge is 0.460 e. The predicted molar refractivity (Wildman–Crippen MR) is 233 cm³/mol. The summed E-state index contributed by atoms with van der Waals surface area (Å²) in [6.07, 6.45) is 14.5. The second kappa shape index (κ2) is 15.3. The van der Waals surface area contributed by atoms with E-state index in [-0.39, 0.29) is 51.2 Å². The first-order valence-electron chi connectivity index (χ1n) is 23.0. The van der Waals surface area contributed by atoms with Gasteiger partial charge < -0.3 is 15.0 Å². The number of nitrogens with one attached hydrogen (secondary N) is 1. The summed E-state index contributed by atoms with van der Waals surface area (Å²) in [5.74, 6) is 1.98. The van der Waals surface area contributed by atoms with E-state index >= 15 is 0 Å². The van der Waals surface area contributed by atoms with E-state index in [1.165, 1.54) is 23.1 Å². The van der Waals surface area contributed by atoms with Crippen LogP contribution in [0, 0.1) is 50.7 Å². The topological polar surface area (TPSA) is 92.8 Å². The number of fused-ring (bicyclic) bond motifs is 7. The highest BCUT2D eigenvalue weighted by Gasteiger charge is 2.69. The Bertz CT molecular complexity index is 2030. The number of esters is 1. The van der Waals surface area contributed by atoms with E-state index in [0.29, 0.717) is 62.3 Å². The number of ether oxygens (including phenoxy) is 1. The maximum Gasteiger partial charge on any atom is 0.315 e. The number of alkyl halides is 1. The number of nitrogens with zero attached hydrogens (tertiary/aromatic N) is 1. The van der Waals surface area contributed by atoms with Crippen LogP contribution in [0.15, 0.2) is 64.8 Å². The molecule has 1 aliphatic heterocycles. The summed E-state index contributed by atoms with van der Waals surface area (Å²) >= 11 is 0. The lowest BCUT2D eigenvalue weighted by atomic mass is 9.33. The predicted octanol–water partition coefficient (Wildman–Crippen LogP) is 9.39. The molecule has 0 bridgehead atoms. The Morgan fingerprint density at radius 3 is 2.31 bits per heavy atom. The second-order valence-electron chi connectivity index (χ2n) is 21.7. The number of ketones is 1. The summed E-state index contributed by atoms with van der Waals surface area (Å²) in [4.78, 5) is 29.7. The average Bonchev–Trinajstić information content (AvgIpc) is 3.50. The van der Waals surface area contributed by atoms with Gasteiger partial charge in [0.05, 0.1) is 16.9 Å². The van der Waals surface area contributed by atoms with Crippen LogP contribution in [0.2, 0.25) is 0 Å². The molecule has 4 fully saturated rings. The number of halogens is 1. The van der Waals surface area contributed by atoms with Crippen LogP contribution in [0.4, 0.5) is 4.39 Å². The van der Waals surface area contributed by atoms with Crippen LogP contribution in [-0.4, -0.2) is 75.0 Å². The highest BCUT2D eigenvalue weighted by Crippen LogP contribution is 2.76. The van der Waals surface area contributed by atoms with Gasteiger partial charge in [0, 0.05) is 38.1 Å². The first-order valence-corrected chi connectivity index (χ1v) is 24.8. The van der Waals surface area contributed by atoms with E-state index in [0.717, 1.165) is 62.8 Å². The van der Waals surface area contributed by atoms with Gasteiger partial charge in [-0.25, -0.2) is 12.8 Å². The minimum atomic E-state index is -2.92. The van der Waals surface area contributed by atoms with E-state index in [1.807, 2.05) is 30.3 Å². The molecule has 7 aliphatic rings. The number of carbonyl (C=O) groups is 2. The SMILES string of the molecule is CC(C)C1=C2[C@H]3CC[C@@H]4[C@@]5(C)CC=C(C6=CC[C@](CF)(C(=O)OCc7ccccc7)CC6)C(C)(C)[C@@H]5CC[C@@]4(C)[C@]3(C)CC[C@@]2(NCCN2CCS(=O)(=O)CC2)CC1=O. The molecule has 1 aromatic rings. The van der Waals surface area contributed by atoms with E-state index in [2.05, 4.69) is 70.8 Å². The van der Waals surface area contributed by atoms with Crippen molar-refractivity contribution in [2.75, 3.05) is 44.4 Å².